The van der Waals surface area contributed by atoms with E-state index in [1.54, 1.807) is 24.3 Å². The van der Waals surface area contributed by atoms with Crippen LogP contribution < -0.4 is 11.1 Å². The zero-order chi connectivity index (χ0) is 12.6. The van der Waals surface area contributed by atoms with Gasteiger partial charge in [-0.15, -0.1) is 0 Å². The molecule has 0 fully saturated rings. The lowest BCUT2D eigenvalue weighted by Crippen LogP contribution is -2.17. The number of primary amides is 1. The molecule has 1 aliphatic heterocycles. The normalized spacial score (nSPS) is 15.9. The van der Waals surface area contributed by atoms with Gasteiger partial charge in [-0.1, -0.05) is 15.9 Å². The number of carbonyl (C=O) groups excluding carboxylic acids is 2. The minimum absolute atomic E-state index is 0.0244. The number of hydrogen-bond donors (Lipinski definition) is 2. The summed E-state index contributed by atoms with van der Waals surface area (Å²) in [5.74, 6) is -1.40. The van der Waals surface area contributed by atoms with Crippen molar-refractivity contribution in [3.8, 4) is 6.07 Å². The van der Waals surface area contributed by atoms with Crippen molar-refractivity contribution in [2.24, 2.45) is 5.73 Å². The van der Waals surface area contributed by atoms with E-state index in [1.165, 1.54) is 0 Å². The maximum Gasteiger partial charge on any atom is 0.260 e. The molecule has 5 nitrogen and oxygen atoms in total. The molecule has 0 unspecified atom stereocenters. The van der Waals surface area contributed by atoms with Gasteiger partial charge in [-0.05, 0) is 18.2 Å². The number of nitrogens with two attached hydrogens (primary N) is 1. The Bertz CT molecular complexity index is 614. The molecule has 0 aromatic heterocycles. The zero-order valence-electron chi connectivity index (χ0n) is 8.45. The average molecular weight is 292 g/mol. The Morgan fingerprint density at radius 3 is 2.76 bits per heavy atom. The molecule has 0 radical (unpaired) electrons. The van der Waals surface area contributed by atoms with Crippen molar-refractivity contribution in [3.05, 3.63) is 33.8 Å². The molecular formula is C11H6BrN3O2. The van der Waals surface area contributed by atoms with Crippen LogP contribution in [0, 0.1) is 11.3 Å². The van der Waals surface area contributed by atoms with Crippen LogP contribution in [-0.2, 0) is 9.59 Å². The number of nitrogens with zero attached hydrogens (tertiary/aromatic N) is 1. The minimum Gasteiger partial charge on any atom is -0.365 e. The van der Waals surface area contributed by atoms with Crippen molar-refractivity contribution >= 4 is 39.0 Å². The smallest absolute Gasteiger partial charge is 0.260 e. The van der Waals surface area contributed by atoms with E-state index in [2.05, 4.69) is 21.2 Å². The van der Waals surface area contributed by atoms with Gasteiger partial charge in [0.05, 0.1) is 5.57 Å². The summed E-state index contributed by atoms with van der Waals surface area (Å²) in [5.41, 5.74) is 5.82. The first kappa shape index (κ1) is 11.4. The highest BCUT2D eigenvalue weighted by Crippen LogP contribution is 2.35. The summed E-state index contributed by atoms with van der Waals surface area (Å²) >= 11 is 3.26. The molecule has 0 spiro atoms. The Labute approximate surface area is 105 Å². The molecule has 1 aliphatic rings. The lowest BCUT2D eigenvalue weighted by Gasteiger charge is -2.00. The van der Waals surface area contributed by atoms with Crippen LogP contribution in [0.4, 0.5) is 5.69 Å². The second-order valence-electron chi connectivity index (χ2n) is 3.37. The van der Waals surface area contributed by atoms with Crippen molar-refractivity contribution in [1.29, 1.82) is 5.26 Å². The summed E-state index contributed by atoms with van der Waals surface area (Å²) in [4.78, 5) is 22.8. The lowest BCUT2D eigenvalue weighted by atomic mass is 10.0. The Morgan fingerprint density at radius 1 is 1.47 bits per heavy atom. The molecule has 2 amide bonds. The highest BCUT2D eigenvalue weighted by Gasteiger charge is 2.29. The molecule has 1 aromatic rings. The Kier molecular flexibility index (Phi) is 2.69. The number of amides is 2. The Hall–Kier alpha value is -2.13. The molecule has 0 bridgehead atoms. The van der Waals surface area contributed by atoms with Gasteiger partial charge in [0.2, 0.25) is 0 Å². The summed E-state index contributed by atoms with van der Waals surface area (Å²) < 4.78 is 0.743. The molecule has 2 rings (SSSR count). The third-order valence-corrected chi connectivity index (χ3v) is 2.83. The van der Waals surface area contributed by atoms with E-state index < -0.39 is 11.8 Å². The quantitative estimate of drug-likeness (QED) is 0.600. The number of fused-ring (bicyclic) bond motifs is 1. The first-order chi connectivity index (χ1) is 8.04. The predicted octanol–water partition coefficient (Wildman–Crippen LogP) is 1.16. The van der Waals surface area contributed by atoms with Gasteiger partial charge in [-0.25, -0.2) is 0 Å². The molecule has 1 aromatic carbocycles. The molecule has 84 valence electrons. The van der Waals surface area contributed by atoms with Crippen LogP contribution in [0.3, 0.4) is 0 Å². The van der Waals surface area contributed by atoms with E-state index in [-0.39, 0.29) is 11.1 Å². The van der Waals surface area contributed by atoms with Crippen LogP contribution in [0.1, 0.15) is 5.56 Å². The molecule has 0 saturated carbocycles. The summed E-state index contributed by atoms with van der Waals surface area (Å²) in [6, 6.07) is 6.75. The average Bonchev–Trinajstić information content (AvgIpc) is 2.56. The van der Waals surface area contributed by atoms with Crippen LogP contribution in [-0.4, -0.2) is 11.8 Å². The van der Waals surface area contributed by atoms with Gasteiger partial charge in [0.15, 0.2) is 0 Å². The van der Waals surface area contributed by atoms with Crippen molar-refractivity contribution < 1.29 is 9.59 Å². The van der Waals surface area contributed by atoms with Gasteiger partial charge >= 0.3 is 0 Å². The molecule has 17 heavy (non-hydrogen) atoms. The number of rotatable bonds is 1. The molecule has 6 heteroatoms. The molecule has 0 atom stereocenters. The largest absolute Gasteiger partial charge is 0.365 e. The fourth-order valence-electron chi connectivity index (χ4n) is 1.62. The number of nitriles is 1. The first-order valence-corrected chi connectivity index (χ1v) is 5.39. The van der Waals surface area contributed by atoms with Crippen molar-refractivity contribution in [2.45, 2.75) is 0 Å². The van der Waals surface area contributed by atoms with E-state index in [0.29, 0.717) is 11.3 Å². The van der Waals surface area contributed by atoms with Gasteiger partial charge in [0.1, 0.15) is 11.6 Å². The molecule has 1 heterocycles. The SMILES string of the molecule is N#CC(C(N)=O)=C1C(=O)Nc2ccc(Br)cc21. The van der Waals surface area contributed by atoms with Gasteiger partial charge in [0.25, 0.3) is 11.8 Å². The van der Waals surface area contributed by atoms with Crippen LogP contribution in [0.25, 0.3) is 5.57 Å². The maximum atomic E-state index is 11.7. The predicted molar refractivity (Wildman–Crippen MR) is 64.5 cm³/mol. The Balaban J connectivity index is 2.75. The summed E-state index contributed by atoms with van der Waals surface area (Å²) in [6.45, 7) is 0. The van der Waals surface area contributed by atoms with Gasteiger partial charge in [-0.2, -0.15) is 5.26 Å². The first-order valence-electron chi connectivity index (χ1n) is 4.60. The van der Waals surface area contributed by atoms with E-state index >= 15 is 0 Å². The van der Waals surface area contributed by atoms with E-state index in [0.717, 1.165) is 4.47 Å². The molecule has 3 N–H and O–H groups in total. The summed E-state index contributed by atoms with van der Waals surface area (Å²) in [5, 5.41) is 11.4. The fraction of sp³-hybridized carbons (Fsp3) is 0. The van der Waals surface area contributed by atoms with E-state index in [4.69, 9.17) is 11.0 Å². The summed E-state index contributed by atoms with van der Waals surface area (Å²) in [6.07, 6.45) is 0. The van der Waals surface area contributed by atoms with Crippen molar-refractivity contribution in [3.63, 3.8) is 0 Å². The van der Waals surface area contributed by atoms with E-state index in [9.17, 15) is 9.59 Å². The lowest BCUT2D eigenvalue weighted by molar-refractivity contribution is -0.115. The van der Waals surface area contributed by atoms with Crippen LogP contribution in [0.15, 0.2) is 28.2 Å². The highest BCUT2D eigenvalue weighted by atomic mass is 79.9. The van der Waals surface area contributed by atoms with Crippen molar-refractivity contribution in [1.82, 2.24) is 0 Å². The van der Waals surface area contributed by atoms with Gasteiger partial charge in [0, 0.05) is 15.7 Å². The van der Waals surface area contributed by atoms with Gasteiger partial charge < -0.3 is 11.1 Å². The summed E-state index contributed by atoms with van der Waals surface area (Å²) in [7, 11) is 0. The number of halogens is 1. The monoisotopic (exact) mass is 291 g/mol. The molecular weight excluding hydrogens is 286 g/mol. The standard InChI is InChI=1S/C11H6BrN3O2/c12-5-1-2-8-6(3-5)9(11(17)15-8)7(4-13)10(14)16/h1-3H,(H2,14,16)(H,15,17). The Morgan fingerprint density at radius 2 is 2.18 bits per heavy atom. The number of nitrogens with one attached hydrogen (secondary N) is 1. The molecule has 0 saturated heterocycles. The van der Waals surface area contributed by atoms with Gasteiger partial charge in [-0.3, -0.25) is 9.59 Å². The second kappa shape index (κ2) is 4.03. The number of anilines is 1. The number of benzene rings is 1. The van der Waals surface area contributed by atoms with Crippen LogP contribution in [0.5, 0.6) is 0 Å². The topological polar surface area (TPSA) is 96.0 Å². The third-order valence-electron chi connectivity index (χ3n) is 2.33. The fourth-order valence-corrected chi connectivity index (χ4v) is 1.98. The maximum absolute atomic E-state index is 11.7. The number of hydrogen-bond acceptors (Lipinski definition) is 3. The third kappa shape index (κ3) is 1.81. The number of carbonyl (C=O) groups is 2. The van der Waals surface area contributed by atoms with Crippen molar-refractivity contribution in [2.75, 3.05) is 5.32 Å². The zero-order valence-corrected chi connectivity index (χ0v) is 10.0. The minimum atomic E-state index is -0.912. The van der Waals surface area contributed by atoms with Crippen LogP contribution in [0.2, 0.25) is 0 Å². The second-order valence-corrected chi connectivity index (χ2v) is 4.29. The van der Waals surface area contributed by atoms with E-state index in [1.807, 2.05) is 0 Å². The van der Waals surface area contributed by atoms with Crippen LogP contribution >= 0.6 is 15.9 Å². The molecule has 0 aliphatic carbocycles. The highest BCUT2D eigenvalue weighted by molar-refractivity contribution is 9.10.